The maximum absolute atomic E-state index is 13.7. The largest absolute Gasteiger partial charge is 0.465 e. The van der Waals surface area contributed by atoms with Crippen LogP contribution in [0.2, 0.25) is 0 Å². The van der Waals surface area contributed by atoms with Crippen molar-refractivity contribution in [1.29, 1.82) is 0 Å². The molecular weight excluding hydrogens is 498 g/mol. The lowest BCUT2D eigenvalue weighted by Crippen LogP contribution is -2.38. The summed E-state index contributed by atoms with van der Waals surface area (Å²) in [5.41, 5.74) is 3.96. The smallest absolute Gasteiger partial charge is 0.315 e. The van der Waals surface area contributed by atoms with Crippen LogP contribution in [0.5, 0.6) is 11.5 Å². The zero-order chi connectivity index (χ0) is 23.8. The minimum absolute atomic E-state index is 0.0224. The zero-order valence-corrected chi connectivity index (χ0v) is 20.8. The third-order valence-corrected chi connectivity index (χ3v) is 7.38. The summed E-state index contributed by atoms with van der Waals surface area (Å²) in [4.78, 5) is 31.8. The first-order chi connectivity index (χ1) is 16.5. The van der Waals surface area contributed by atoms with Crippen molar-refractivity contribution in [3.63, 3.8) is 0 Å². The number of esters is 1. The van der Waals surface area contributed by atoms with Gasteiger partial charge in [0.25, 0.3) is 0 Å². The molecule has 2 aromatic carbocycles. The Hall–Kier alpha value is -2.93. The topological polar surface area (TPSA) is 74.2 Å². The summed E-state index contributed by atoms with van der Waals surface area (Å²) in [6, 6.07) is 13.8. The van der Waals surface area contributed by atoms with Gasteiger partial charge >= 0.3 is 5.97 Å². The Kier molecular flexibility index (Phi) is 6.30. The van der Waals surface area contributed by atoms with Crippen LogP contribution in [-0.2, 0) is 14.3 Å². The van der Waals surface area contributed by atoms with Gasteiger partial charge in [0.15, 0.2) is 17.3 Å². The van der Waals surface area contributed by atoms with Gasteiger partial charge in [0, 0.05) is 33.8 Å². The van der Waals surface area contributed by atoms with Crippen molar-refractivity contribution < 1.29 is 23.8 Å². The molecule has 0 spiro atoms. The first kappa shape index (κ1) is 22.8. The van der Waals surface area contributed by atoms with E-state index < -0.39 is 11.8 Å². The summed E-state index contributed by atoms with van der Waals surface area (Å²) in [6.07, 6.45) is 1.75. The highest BCUT2D eigenvalue weighted by molar-refractivity contribution is 9.10. The maximum atomic E-state index is 13.7. The summed E-state index contributed by atoms with van der Waals surface area (Å²) in [5.74, 6) is -0.226. The fourth-order valence-electron chi connectivity index (χ4n) is 5.13. The molecule has 0 bridgehead atoms. The number of rotatable bonds is 5. The fourth-order valence-corrected chi connectivity index (χ4v) is 5.69. The van der Waals surface area contributed by atoms with E-state index in [-0.39, 0.29) is 24.5 Å². The Labute approximate surface area is 207 Å². The number of hydrogen-bond acceptors (Lipinski definition) is 6. The van der Waals surface area contributed by atoms with E-state index >= 15 is 0 Å². The molecule has 5 rings (SSSR count). The molecule has 6 nitrogen and oxygen atoms in total. The van der Waals surface area contributed by atoms with Crippen LogP contribution in [0.4, 0.5) is 0 Å². The van der Waals surface area contributed by atoms with E-state index in [2.05, 4.69) is 28.1 Å². The van der Waals surface area contributed by atoms with E-state index in [1.807, 2.05) is 44.2 Å². The SMILES string of the molecule is CCCOC(=O)C1C(C)=NC2=C(C(=O)C[C@@H](c3ccccc3)C2)[C@H]1c1cc2c(cc1Br)OCO2. The van der Waals surface area contributed by atoms with Crippen molar-refractivity contribution in [1.82, 2.24) is 0 Å². The summed E-state index contributed by atoms with van der Waals surface area (Å²) in [6.45, 7) is 4.28. The van der Waals surface area contributed by atoms with Gasteiger partial charge in [-0.2, -0.15) is 0 Å². The normalized spacial score (nSPS) is 23.4. The lowest BCUT2D eigenvalue weighted by atomic mass is 9.69. The first-order valence-electron chi connectivity index (χ1n) is 11.6. The number of nitrogens with zero attached hydrogens (tertiary/aromatic N) is 1. The lowest BCUT2D eigenvalue weighted by molar-refractivity contribution is -0.146. The predicted octanol–water partition coefficient (Wildman–Crippen LogP) is 5.71. The molecule has 0 amide bonds. The van der Waals surface area contributed by atoms with Gasteiger partial charge in [-0.3, -0.25) is 14.6 Å². The molecule has 0 N–H and O–H groups in total. The van der Waals surface area contributed by atoms with Crippen LogP contribution >= 0.6 is 15.9 Å². The first-order valence-corrected chi connectivity index (χ1v) is 12.4. The Bertz CT molecular complexity index is 1200. The van der Waals surface area contributed by atoms with E-state index in [9.17, 15) is 9.59 Å². The molecule has 7 heteroatoms. The van der Waals surface area contributed by atoms with E-state index in [0.29, 0.717) is 42.2 Å². The van der Waals surface area contributed by atoms with Gasteiger partial charge in [-0.1, -0.05) is 53.2 Å². The van der Waals surface area contributed by atoms with Gasteiger partial charge in [-0.15, -0.1) is 0 Å². The van der Waals surface area contributed by atoms with Crippen LogP contribution in [-0.4, -0.2) is 30.9 Å². The number of Topliss-reactive ketones (excluding diaryl/α,β-unsaturated/α-hetero) is 1. The lowest BCUT2D eigenvalue weighted by Gasteiger charge is -2.37. The van der Waals surface area contributed by atoms with Crippen LogP contribution in [0.1, 0.15) is 56.1 Å². The van der Waals surface area contributed by atoms with Crippen LogP contribution in [0.15, 0.2) is 63.2 Å². The molecule has 0 saturated heterocycles. The molecule has 0 fully saturated rings. The second kappa shape index (κ2) is 9.37. The second-order valence-corrected chi connectivity index (χ2v) is 9.76. The molecule has 1 aliphatic carbocycles. The van der Waals surface area contributed by atoms with E-state index in [1.54, 1.807) is 0 Å². The van der Waals surface area contributed by atoms with Gasteiger partial charge in [0.05, 0.1) is 6.61 Å². The third-order valence-electron chi connectivity index (χ3n) is 6.69. The number of allylic oxidation sites excluding steroid dienone is 2. The molecule has 34 heavy (non-hydrogen) atoms. The maximum Gasteiger partial charge on any atom is 0.315 e. The number of halogens is 1. The third kappa shape index (κ3) is 4.06. The molecule has 0 aromatic heterocycles. The van der Waals surface area contributed by atoms with Gasteiger partial charge in [0.2, 0.25) is 6.79 Å². The Balaban J connectivity index is 1.62. The molecule has 3 aliphatic rings. The van der Waals surface area contributed by atoms with Gasteiger partial charge < -0.3 is 14.2 Å². The van der Waals surface area contributed by atoms with E-state index in [4.69, 9.17) is 19.2 Å². The number of carbonyl (C=O) groups is 2. The fraction of sp³-hybridized carbons (Fsp3) is 0.370. The van der Waals surface area contributed by atoms with Crippen molar-refractivity contribution in [2.75, 3.05) is 13.4 Å². The molecule has 2 aliphatic heterocycles. The molecule has 0 radical (unpaired) electrons. The molecule has 1 unspecified atom stereocenters. The highest BCUT2D eigenvalue weighted by Crippen LogP contribution is 2.50. The van der Waals surface area contributed by atoms with Crippen molar-refractivity contribution in [2.45, 2.75) is 44.9 Å². The molecule has 3 atom stereocenters. The number of ether oxygens (including phenoxy) is 3. The minimum Gasteiger partial charge on any atom is -0.465 e. The summed E-state index contributed by atoms with van der Waals surface area (Å²) in [7, 11) is 0. The molecule has 0 saturated carbocycles. The number of ketones is 1. The zero-order valence-electron chi connectivity index (χ0n) is 19.2. The van der Waals surface area contributed by atoms with Crippen molar-refractivity contribution >= 4 is 33.4 Å². The number of benzene rings is 2. The van der Waals surface area contributed by atoms with E-state index in [1.165, 1.54) is 0 Å². The van der Waals surface area contributed by atoms with Gasteiger partial charge in [-0.25, -0.2) is 0 Å². The predicted molar refractivity (Wildman–Crippen MR) is 131 cm³/mol. The summed E-state index contributed by atoms with van der Waals surface area (Å²) in [5, 5.41) is 0. The number of fused-ring (bicyclic) bond motifs is 1. The average molecular weight is 524 g/mol. The Morgan fingerprint density at radius 2 is 1.88 bits per heavy atom. The van der Waals surface area contributed by atoms with Crippen molar-refractivity contribution in [2.24, 2.45) is 10.9 Å². The van der Waals surface area contributed by atoms with Gasteiger partial charge in [-0.05, 0) is 48.9 Å². The highest BCUT2D eigenvalue weighted by Gasteiger charge is 2.45. The molecule has 2 aromatic rings. The Morgan fingerprint density at radius 1 is 1.15 bits per heavy atom. The van der Waals surface area contributed by atoms with Crippen LogP contribution in [0.25, 0.3) is 0 Å². The summed E-state index contributed by atoms with van der Waals surface area (Å²) >= 11 is 3.66. The monoisotopic (exact) mass is 523 g/mol. The number of carbonyl (C=O) groups excluding carboxylic acids is 2. The van der Waals surface area contributed by atoms with E-state index in [0.717, 1.165) is 27.7 Å². The highest BCUT2D eigenvalue weighted by atomic mass is 79.9. The van der Waals surface area contributed by atoms with Gasteiger partial charge in [0.1, 0.15) is 5.92 Å². The van der Waals surface area contributed by atoms with Crippen LogP contribution < -0.4 is 9.47 Å². The van der Waals surface area contributed by atoms with Crippen LogP contribution in [0, 0.1) is 5.92 Å². The molecule has 176 valence electrons. The van der Waals surface area contributed by atoms with Crippen LogP contribution in [0.3, 0.4) is 0 Å². The number of hydrogen-bond donors (Lipinski definition) is 0. The minimum atomic E-state index is -0.681. The quantitative estimate of drug-likeness (QED) is 0.469. The molecular formula is C27H26BrNO5. The summed E-state index contributed by atoms with van der Waals surface area (Å²) < 4.78 is 17.5. The Morgan fingerprint density at radius 3 is 2.62 bits per heavy atom. The molecule has 2 heterocycles. The van der Waals surface area contributed by atoms with Crippen molar-refractivity contribution in [3.05, 3.63) is 69.3 Å². The van der Waals surface area contributed by atoms with Crippen molar-refractivity contribution in [3.8, 4) is 11.5 Å². The standard InChI is InChI=1S/C27H26BrNO5/c1-3-9-32-27(31)24-15(2)29-20-10-17(16-7-5-4-6-8-16)11-21(30)26(20)25(24)18-12-22-23(13-19(18)28)34-14-33-22/h4-8,12-13,17,24-25H,3,9-11,14H2,1-2H3/t17-,24?,25-/m0/s1. The second-order valence-electron chi connectivity index (χ2n) is 8.90. The number of aliphatic imine (C=N–C) groups is 1. The average Bonchev–Trinajstić information content (AvgIpc) is 3.28.